The molecule has 0 radical (unpaired) electrons. The Balaban J connectivity index is 1.70. The molecule has 5 aromatic rings. The van der Waals surface area contributed by atoms with E-state index in [9.17, 15) is 0 Å². The lowest BCUT2D eigenvalue weighted by Crippen LogP contribution is -2.19. The predicted octanol–water partition coefficient (Wildman–Crippen LogP) is 7.04. The Morgan fingerprint density at radius 3 is 2.20 bits per heavy atom. The molecule has 0 N–H and O–H groups in total. The topological polar surface area (TPSA) is 21.1 Å². The molecule has 1 aromatic heterocycles. The molecule has 0 saturated carbocycles. The third-order valence-corrected chi connectivity index (χ3v) is 5.86. The summed E-state index contributed by atoms with van der Waals surface area (Å²) < 4.78 is 2.35. The zero-order valence-electron chi connectivity index (χ0n) is 16.8. The molecule has 0 spiro atoms. The van der Waals surface area contributed by atoms with Gasteiger partial charge in [0.1, 0.15) is 5.82 Å². The molecule has 1 aliphatic rings. The Kier molecular flexibility index (Phi) is 3.75. The summed E-state index contributed by atoms with van der Waals surface area (Å²) in [7, 11) is 0. The Morgan fingerprint density at radius 1 is 0.667 bits per heavy atom. The first kappa shape index (κ1) is 17.0. The molecule has 0 atom stereocenters. The fraction of sp³-hybridized carbons (Fsp3) is 0.0741. The maximum atomic E-state index is 4.97. The van der Waals surface area contributed by atoms with Crippen LogP contribution in [-0.4, -0.2) is 9.55 Å². The molecule has 3 heteroatoms. The van der Waals surface area contributed by atoms with Gasteiger partial charge in [-0.1, -0.05) is 67.6 Å². The van der Waals surface area contributed by atoms with Crippen molar-refractivity contribution in [3.05, 3.63) is 103 Å². The lowest BCUT2D eigenvalue weighted by molar-refractivity contribution is 0.900. The Morgan fingerprint density at radius 2 is 1.43 bits per heavy atom. The van der Waals surface area contributed by atoms with Gasteiger partial charge in [-0.25, -0.2) is 4.98 Å². The second kappa shape index (κ2) is 6.60. The van der Waals surface area contributed by atoms with E-state index >= 15 is 0 Å². The highest BCUT2D eigenvalue weighted by Gasteiger charge is 2.28. The first-order valence-corrected chi connectivity index (χ1v) is 10.4. The quantitative estimate of drug-likeness (QED) is 0.325. The van der Waals surface area contributed by atoms with E-state index in [1.807, 2.05) is 0 Å². The molecule has 144 valence electrons. The van der Waals surface area contributed by atoms with Gasteiger partial charge in [0.15, 0.2) is 0 Å². The summed E-state index contributed by atoms with van der Waals surface area (Å²) in [5.41, 5.74) is 9.34. The minimum atomic E-state index is 0.883. The Labute approximate surface area is 175 Å². The molecule has 30 heavy (non-hydrogen) atoms. The first-order valence-electron chi connectivity index (χ1n) is 10.4. The first-order chi connectivity index (χ1) is 14.8. The summed E-state index contributed by atoms with van der Waals surface area (Å²) in [6, 6.07) is 34.3. The summed E-state index contributed by atoms with van der Waals surface area (Å²) in [6.45, 7) is 2.18. The molecule has 0 fully saturated rings. The number of para-hydroxylation sites is 2. The number of aromatic nitrogens is 2. The highest BCUT2D eigenvalue weighted by atomic mass is 15.2. The van der Waals surface area contributed by atoms with Crippen LogP contribution in [0.2, 0.25) is 0 Å². The number of benzene rings is 4. The van der Waals surface area contributed by atoms with Crippen LogP contribution in [-0.2, 0) is 6.42 Å². The Bertz CT molecular complexity index is 1370. The van der Waals surface area contributed by atoms with Crippen molar-refractivity contribution in [3.63, 3.8) is 0 Å². The lowest BCUT2D eigenvalue weighted by Gasteiger charge is -2.33. The van der Waals surface area contributed by atoms with Crippen LogP contribution in [0.5, 0.6) is 0 Å². The van der Waals surface area contributed by atoms with Crippen molar-refractivity contribution in [1.29, 1.82) is 0 Å². The van der Waals surface area contributed by atoms with Crippen molar-refractivity contribution >= 4 is 28.1 Å². The van der Waals surface area contributed by atoms with E-state index in [1.54, 1.807) is 0 Å². The minimum absolute atomic E-state index is 0.883. The summed E-state index contributed by atoms with van der Waals surface area (Å²) in [6.07, 6.45) is 0.883. The molecule has 0 aliphatic carbocycles. The number of fused-ring (bicyclic) bond motifs is 2. The summed E-state index contributed by atoms with van der Waals surface area (Å²) in [5, 5.41) is 0. The van der Waals surface area contributed by atoms with Gasteiger partial charge in [-0.2, -0.15) is 0 Å². The monoisotopic (exact) mass is 387 g/mol. The molecule has 2 heterocycles. The van der Waals surface area contributed by atoms with Gasteiger partial charge in [0, 0.05) is 12.1 Å². The lowest BCUT2D eigenvalue weighted by atomic mass is 10.0. The average Bonchev–Trinajstić information content (AvgIpc) is 3.20. The number of aryl methyl sites for hydroxylation is 1. The van der Waals surface area contributed by atoms with E-state index in [2.05, 4.69) is 113 Å². The van der Waals surface area contributed by atoms with Crippen molar-refractivity contribution in [1.82, 2.24) is 9.55 Å². The average molecular weight is 387 g/mol. The van der Waals surface area contributed by atoms with E-state index in [0.717, 1.165) is 23.4 Å². The number of anilines is 3. The van der Waals surface area contributed by atoms with Crippen LogP contribution >= 0.6 is 0 Å². The summed E-state index contributed by atoms with van der Waals surface area (Å²) >= 11 is 0. The molecule has 0 saturated heterocycles. The molecule has 0 bridgehead atoms. The van der Waals surface area contributed by atoms with Crippen LogP contribution in [0.25, 0.3) is 27.8 Å². The van der Waals surface area contributed by atoms with E-state index in [1.165, 1.54) is 33.7 Å². The second-order valence-corrected chi connectivity index (χ2v) is 7.60. The van der Waals surface area contributed by atoms with Crippen LogP contribution in [0.3, 0.4) is 0 Å². The molecule has 3 nitrogen and oxygen atoms in total. The summed E-state index contributed by atoms with van der Waals surface area (Å²) in [5.74, 6) is 1.09. The number of hydrogen-bond acceptors (Lipinski definition) is 2. The summed E-state index contributed by atoms with van der Waals surface area (Å²) in [4.78, 5) is 7.32. The molecule has 1 aliphatic heterocycles. The molecule has 0 amide bonds. The second-order valence-electron chi connectivity index (χ2n) is 7.60. The third-order valence-electron chi connectivity index (χ3n) is 5.86. The largest absolute Gasteiger partial charge is 0.306 e. The van der Waals surface area contributed by atoms with Gasteiger partial charge in [0.05, 0.1) is 28.1 Å². The SMILES string of the molecule is CCc1nc2cccc3c2n1-c1cc(-c2ccccc2)ccc1N3c1ccccc1. The van der Waals surface area contributed by atoms with Gasteiger partial charge in [0.2, 0.25) is 0 Å². The van der Waals surface area contributed by atoms with E-state index in [4.69, 9.17) is 4.98 Å². The standard InChI is InChI=1S/C27H21N3/c1-2-26-28-22-14-9-15-24-27(22)30(26)25-18-20(19-10-5-3-6-11-19)16-17-23(25)29(24)21-12-7-4-8-13-21/h3-18H,2H2,1H3. The van der Waals surface area contributed by atoms with Crippen LogP contribution in [0.15, 0.2) is 97.1 Å². The van der Waals surface area contributed by atoms with Gasteiger partial charge in [-0.05, 0) is 47.5 Å². The van der Waals surface area contributed by atoms with Crippen LogP contribution < -0.4 is 4.90 Å². The number of imidazole rings is 1. The Hall–Kier alpha value is -3.85. The number of rotatable bonds is 3. The van der Waals surface area contributed by atoms with Gasteiger partial charge in [-0.15, -0.1) is 0 Å². The molecular weight excluding hydrogens is 366 g/mol. The van der Waals surface area contributed by atoms with E-state index in [-0.39, 0.29) is 0 Å². The smallest absolute Gasteiger partial charge is 0.114 e. The fourth-order valence-corrected chi connectivity index (χ4v) is 4.52. The van der Waals surface area contributed by atoms with Crippen molar-refractivity contribution < 1.29 is 0 Å². The van der Waals surface area contributed by atoms with Gasteiger partial charge in [0.25, 0.3) is 0 Å². The van der Waals surface area contributed by atoms with Crippen molar-refractivity contribution in [2.75, 3.05) is 4.90 Å². The molecule has 0 unspecified atom stereocenters. The number of hydrogen-bond donors (Lipinski definition) is 0. The zero-order valence-corrected chi connectivity index (χ0v) is 16.8. The van der Waals surface area contributed by atoms with Gasteiger partial charge < -0.3 is 4.90 Å². The van der Waals surface area contributed by atoms with Crippen molar-refractivity contribution in [2.24, 2.45) is 0 Å². The van der Waals surface area contributed by atoms with E-state index in [0.29, 0.717) is 0 Å². The minimum Gasteiger partial charge on any atom is -0.306 e. The molecule has 4 aromatic carbocycles. The van der Waals surface area contributed by atoms with Crippen LogP contribution in [0.1, 0.15) is 12.7 Å². The van der Waals surface area contributed by atoms with Gasteiger partial charge >= 0.3 is 0 Å². The number of nitrogens with zero attached hydrogens (tertiary/aromatic N) is 3. The molecule has 6 rings (SSSR count). The maximum absolute atomic E-state index is 4.97. The van der Waals surface area contributed by atoms with Crippen LogP contribution in [0, 0.1) is 0 Å². The third kappa shape index (κ3) is 2.42. The van der Waals surface area contributed by atoms with Crippen molar-refractivity contribution in [2.45, 2.75) is 13.3 Å². The fourth-order valence-electron chi connectivity index (χ4n) is 4.52. The predicted molar refractivity (Wildman–Crippen MR) is 124 cm³/mol. The highest BCUT2D eigenvalue weighted by Crippen LogP contribution is 2.47. The normalized spacial score (nSPS) is 12.2. The van der Waals surface area contributed by atoms with Crippen LogP contribution in [0.4, 0.5) is 17.1 Å². The van der Waals surface area contributed by atoms with Crippen molar-refractivity contribution in [3.8, 4) is 16.8 Å². The maximum Gasteiger partial charge on any atom is 0.114 e. The highest BCUT2D eigenvalue weighted by molar-refractivity contribution is 6.01. The molecular formula is C27H21N3. The van der Waals surface area contributed by atoms with Gasteiger partial charge in [-0.3, -0.25) is 4.57 Å². The zero-order chi connectivity index (χ0) is 20.1. The van der Waals surface area contributed by atoms with E-state index < -0.39 is 0 Å².